The van der Waals surface area contributed by atoms with Crippen LogP contribution in [0, 0.1) is 0 Å². The number of ether oxygens (including phenoxy) is 1. The molecule has 160 valence electrons. The molecule has 1 aromatic carbocycles. The van der Waals surface area contributed by atoms with Gasteiger partial charge in [-0.1, -0.05) is 12.5 Å². The zero-order chi connectivity index (χ0) is 21.1. The quantitative estimate of drug-likeness (QED) is 0.613. The van der Waals surface area contributed by atoms with Crippen molar-refractivity contribution >= 4 is 21.4 Å². The smallest absolute Gasteiger partial charge is 0.350 e. The first-order valence-electron chi connectivity index (χ1n) is 9.97. The number of nitrogens with zero attached hydrogens (tertiary/aromatic N) is 4. The van der Waals surface area contributed by atoms with Gasteiger partial charge in [-0.05, 0) is 43.2 Å². The summed E-state index contributed by atoms with van der Waals surface area (Å²) >= 11 is 0. The van der Waals surface area contributed by atoms with Gasteiger partial charge in [-0.25, -0.2) is 17.9 Å². The highest BCUT2D eigenvalue weighted by Crippen LogP contribution is 2.29. The van der Waals surface area contributed by atoms with Crippen LogP contribution in [0.15, 0.2) is 52.3 Å². The first-order chi connectivity index (χ1) is 14.5. The number of benzene rings is 1. The van der Waals surface area contributed by atoms with Gasteiger partial charge in [0.05, 0.1) is 24.2 Å². The molecule has 0 unspecified atom stereocenters. The van der Waals surface area contributed by atoms with Gasteiger partial charge in [-0.2, -0.15) is 4.31 Å². The summed E-state index contributed by atoms with van der Waals surface area (Å²) in [6.45, 7) is 1.81. The summed E-state index contributed by atoms with van der Waals surface area (Å²) in [5.74, 6) is 0.537. The summed E-state index contributed by atoms with van der Waals surface area (Å²) in [6, 6.07) is 10.2. The number of sulfonamides is 1. The second-order valence-electron chi connectivity index (χ2n) is 7.19. The van der Waals surface area contributed by atoms with Crippen molar-refractivity contribution in [2.24, 2.45) is 0 Å². The molecular weight excluding hydrogens is 406 g/mol. The van der Waals surface area contributed by atoms with E-state index in [2.05, 4.69) is 10.4 Å². The van der Waals surface area contributed by atoms with Crippen LogP contribution < -0.4 is 15.7 Å². The normalized spacial score (nSPS) is 15.4. The van der Waals surface area contributed by atoms with Crippen molar-refractivity contribution < 1.29 is 13.2 Å². The van der Waals surface area contributed by atoms with Crippen molar-refractivity contribution in [3.8, 4) is 5.75 Å². The van der Waals surface area contributed by atoms with Gasteiger partial charge in [-0.3, -0.25) is 4.40 Å². The van der Waals surface area contributed by atoms with Gasteiger partial charge in [0.25, 0.3) is 0 Å². The largest absolute Gasteiger partial charge is 0.495 e. The molecule has 10 heteroatoms. The Hall–Kier alpha value is -2.85. The highest BCUT2D eigenvalue weighted by Gasteiger charge is 2.26. The number of rotatable bonds is 7. The van der Waals surface area contributed by atoms with E-state index in [4.69, 9.17) is 4.74 Å². The third-order valence-corrected chi connectivity index (χ3v) is 7.15. The van der Waals surface area contributed by atoms with Crippen LogP contribution in [-0.4, -0.2) is 53.6 Å². The summed E-state index contributed by atoms with van der Waals surface area (Å²) < 4.78 is 35.7. The summed E-state index contributed by atoms with van der Waals surface area (Å²) in [5.41, 5.74) is 0.919. The van der Waals surface area contributed by atoms with Crippen molar-refractivity contribution in [2.45, 2.75) is 30.7 Å². The fraction of sp³-hybridized carbons (Fsp3) is 0.400. The van der Waals surface area contributed by atoms with Gasteiger partial charge in [-0.15, -0.1) is 5.10 Å². The fourth-order valence-corrected chi connectivity index (χ4v) is 5.19. The third-order valence-electron chi connectivity index (χ3n) is 5.25. The van der Waals surface area contributed by atoms with E-state index in [1.165, 1.54) is 20.5 Å². The van der Waals surface area contributed by atoms with Crippen LogP contribution in [-0.2, 0) is 16.6 Å². The molecule has 0 amide bonds. The lowest BCUT2D eigenvalue weighted by Crippen LogP contribution is -2.35. The molecule has 1 aliphatic heterocycles. The fourth-order valence-electron chi connectivity index (χ4n) is 3.65. The Kier molecular flexibility index (Phi) is 5.78. The van der Waals surface area contributed by atoms with Crippen LogP contribution in [0.25, 0.3) is 5.65 Å². The van der Waals surface area contributed by atoms with E-state index in [1.54, 1.807) is 36.5 Å². The van der Waals surface area contributed by atoms with E-state index in [9.17, 15) is 13.2 Å². The summed E-state index contributed by atoms with van der Waals surface area (Å²) in [6.07, 6.45) is 4.50. The minimum Gasteiger partial charge on any atom is -0.495 e. The van der Waals surface area contributed by atoms with Crippen LogP contribution in [0.5, 0.6) is 5.75 Å². The SMILES string of the molecule is COc1ccc(S(=O)(=O)N2CCCCC2)cc1NCCn1nc2ccccn2c1=O. The zero-order valence-electron chi connectivity index (χ0n) is 16.8. The predicted molar refractivity (Wildman–Crippen MR) is 114 cm³/mol. The van der Waals surface area contributed by atoms with Gasteiger partial charge >= 0.3 is 5.69 Å². The number of anilines is 1. The van der Waals surface area contributed by atoms with E-state index in [0.717, 1.165) is 19.3 Å². The standard InChI is InChI=1S/C20H25N5O4S/c1-29-18-9-8-16(30(27,28)23-11-4-2-5-12-23)15-17(18)21-10-14-25-20(26)24-13-6-3-7-19(24)22-25/h3,6-9,13,15,21H,2,4-5,10-12,14H2,1H3. The van der Waals surface area contributed by atoms with Gasteiger partial charge in [0.2, 0.25) is 10.0 Å². The predicted octanol–water partition coefficient (Wildman–Crippen LogP) is 1.79. The Balaban J connectivity index is 1.52. The van der Waals surface area contributed by atoms with Crippen LogP contribution in [0.3, 0.4) is 0 Å². The van der Waals surface area contributed by atoms with Crippen molar-refractivity contribution in [1.29, 1.82) is 0 Å². The Morgan fingerprint density at radius 3 is 2.67 bits per heavy atom. The van der Waals surface area contributed by atoms with E-state index in [-0.39, 0.29) is 10.6 Å². The van der Waals surface area contributed by atoms with Crippen LogP contribution in [0.1, 0.15) is 19.3 Å². The molecule has 0 atom stereocenters. The Morgan fingerprint density at radius 1 is 1.13 bits per heavy atom. The molecule has 0 radical (unpaired) electrons. The lowest BCUT2D eigenvalue weighted by Gasteiger charge is -2.26. The van der Waals surface area contributed by atoms with Gasteiger partial charge < -0.3 is 10.1 Å². The first kappa shape index (κ1) is 20.4. The lowest BCUT2D eigenvalue weighted by atomic mass is 10.2. The molecular formula is C20H25N5O4S. The molecule has 1 N–H and O–H groups in total. The molecule has 0 spiro atoms. The topological polar surface area (TPSA) is 97.9 Å². The molecule has 2 aromatic heterocycles. The highest BCUT2D eigenvalue weighted by atomic mass is 32.2. The van der Waals surface area contributed by atoms with Crippen molar-refractivity contribution in [3.05, 3.63) is 53.1 Å². The Labute approximate surface area is 174 Å². The molecule has 3 aromatic rings. The number of piperidine rings is 1. The molecule has 1 fully saturated rings. The number of pyridine rings is 1. The molecule has 3 heterocycles. The molecule has 1 saturated heterocycles. The average Bonchev–Trinajstić information content (AvgIpc) is 3.10. The maximum absolute atomic E-state index is 13.0. The van der Waals surface area contributed by atoms with Gasteiger partial charge in [0, 0.05) is 25.8 Å². The maximum Gasteiger partial charge on any atom is 0.350 e. The number of aromatic nitrogens is 3. The molecule has 4 rings (SSSR count). The minimum atomic E-state index is -3.54. The van der Waals surface area contributed by atoms with Gasteiger partial charge in [0.15, 0.2) is 5.65 Å². The molecule has 0 saturated carbocycles. The summed E-state index contributed by atoms with van der Waals surface area (Å²) in [5, 5.41) is 7.48. The minimum absolute atomic E-state index is 0.221. The summed E-state index contributed by atoms with van der Waals surface area (Å²) in [4.78, 5) is 12.6. The molecule has 1 aliphatic rings. The first-order valence-corrected chi connectivity index (χ1v) is 11.4. The second kappa shape index (κ2) is 8.49. The highest BCUT2D eigenvalue weighted by molar-refractivity contribution is 7.89. The van der Waals surface area contributed by atoms with Gasteiger partial charge in [0.1, 0.15) is 5.75 Å². The number of fused-ring (bicyclic) bond motifs is 1. The number of nitrogens with one attached hydrogen (secondary N) is 1. The molecule has 30 heavy (non-hydrogen) atoms. The van der Waals surface area contributed by atoms with Crippen molar-refractivity contribution in [3.63, 3.8) is 0 Å². The van der Waals surface area contributed by atoms with E-state index in [1.807, 2.05) is 6.07 Å². The third kappa shape index (κ3) is 3.92. The maximum atomic E-state index is 13.0. The zero-order valence-corrected chi connectivity index (χ0v) is 17.6. The van der Waals surface area contributed by atoms with Crippen LogP contribution >= 0.6 is 0 Å². The number of hydrogen-bond acceptors (Lipinski definition) is 6. The Morgan fingerprint density at radius 2 is 1.93 bits per heavy atom. The monoisotopic (exact) mass is 431 g/mol. The van der Waals surface area contributed by atoms with Crippen molar-refractivity contribution in [2.75, 3.05) is 32.1 Å². The lowest BCUT2D eigenvalue weighted by molar-refractivity contribution is 0.346. The Bertz CT molecular complexity index is 1200. The molecule has 9 nitrogen and oxygen atoms in total. The van der Waals surface area contributed by atoms with Crippen LogP contribution in [0.4, 0.5) is 5.69 Å². The summed E-state index contributed by atoms with van der Waals surface area (Å²) in [7, 11) is -2.01. The van der Waals surface area contributed by atoms with E-state index >= 15 is 0 Å². The van der Waals surface area contributed by atoms with Crippen molar-refractivity contribution in [1.82, 2.24) is 18.5 Å². The molecule has 0 aliphatic carbocycles. The van der Waals surface area contributed by atoms with E-state index in [0.29, 0.717) is 43.3 Å². The average molecular weight is 432 g/mol. The second-order valence-corrected chi connectivity index (χ2v) is 9.13. The number of hydrogen-bond donors (Lipinski definition) is 1. The molecule has 0 bridgehead atoms. The van der Waals surface area contributed by atoms with Crippen LogP contribution in [0.2, 0.25) is 0 Å². The number of methoxy groups -OCH3 is 1. The van der Waals surface area contributed by atoms with E-state index < -0.39 is 10.0 Å².